The number of hydrogen-bond acceptors (Lipinski definition) is 7. The lowest BCUT2D eigenvalue weighted by Gasteiger charge is -2.20. The van der Waals surface area contributed by atoms with Gasteiger partial charge in [0.05, 0.1) is 21.2 Å². The van der Waals surface area contributed by atoms with Crippen molar-refractivity contribution in [1.29, 1.82) is 0 Å². The van der Waals surface area contributed by atoms with Crippen LogP contribution in [0.5, 0.6) is 0 Å². The molecule has 0 N–H and O–H groups in total. The summed E-state index contributed by atoms with van der Waals surface area (Å²) >= 11 is 0. The van der Waals surface area contributed by atoms with Gasteiger partial charge in [-0.3, -0.25) is 4.18 Å². The van der Waals surface area contributed by atoms with Gasteiger partial charge in [0.1, 0.15) is 16.7 Å². The number of nitrogens with zero attached hydrogens (tertiary/aromatic N) is 5. The van der Waals surface area contributed by atoms with E-state index in [-0.39, 0.29) is 0 Å². The van der Waals surface area contributed by atoms with Crippen molar-refractivity contribution in [3.05, 3.63) is 48.5 Å². The first kappa shape index (κ1) is 23.5. The molecular formula is C20H27N5O4S. The minimum absolute atomic E-state index is 0.808. The van der Waals surface area contributed by atoms with E-state index >= 15 is 0 Å². The summed E-state index contributed by atoms with van der Waals surface area (Å²) in [6.07, 6.45) is 0. The van der Waals surface area contributed by atoms with Crippen molar-refractivity contribution in [2.45, 2.75) is 13.8 Å². The number of aromatic nitrogens is 2. The van der Waals surface area contributed by atoms with E-state index in [9.17, 15) is 13.0 Å². The quantitative estimate of drug-likeness (QED) is 0.257. The second-order valence-electron chi connectivity index (χ2n) is 6.37. The van der Waals surface area contributed by atoms with Crippen molar-refractivity contribution in [2.24, 2.45) is 24.3 Å². The Morgan fingerprint density at radius 1 is 1.07 bits per heavy atom. The summed E-state index contributed by atoms with van der Waals surface area (Å²) in [7, 11) is 0.424. The van der Waals surface area contributed by atoms with E-state index < -0.39 is 10.4 Å². The van der Waals surface area contributed by atoms with E-state index in [1.807, 2.05) is 38.4 Å². The van der Waals surface area contributed by atoms with Crippen molar-refractivity contribution in [2.75, 3.05) is 25.1 Å². The molecule has 1 heterocycles. The molecule has 9 nitrogen and oxygen atoms in total. The molecule has 0 aliphatic rings. The summed E-state index contributed by atoms with van der Waals surface area (Å²) in [5.41, 5.74) is 4.36. The molecule has 0 aliphatic heterocycles. The molecule has 0 saturated heterocycles. The molecular weight excluding hydrogens is 406 g/mol. The Hall–Kier alpha value is -2.82. The van der Waals surface area contributed by atoms with Crippen LogP contribution in [-0.4, -0.2) is 37.7 Å². The van der Waals surface area contributed by atoms with E-state index in [4.69, 9.17) is 0 Å². The third kappa shape index (κ3) is 5.85. The van der Waals surface area contributed by atoms with E-state index in [2.05, 4.69) is 66.6 Å². The van der Waals surface area contributed by atoms with Crippen LogP contribution in [0.2, 0.25) is 0 Å². The van der Waals surface area contributed by atoms with E-state index in [1.54, 1.807) is 0 Å². The van der Waals surface area contributed by atoms with E-state index in [1.165, 1.54) is 5.69 Å². The molecule has 3 aromatic rings. The maximum absolute atomic E-state index is 9.22. The minimum atomic E-state index is -4.41. The molecule has 1 aromatic heterocycles. The lowest BCUT2D eigenvalue weighted by molar-refractivity contribution is -0.632. The number of benzene rings is 2. The highest BCUT2D eigenvalue weighted by molar-refractivity contribution is 7.80. The second kappa shape index (κ2) is 10.3. The van der Waals surface area contributed by atoms with Crippen molar-refractivity contribution in [1.82, 2.24) is 4.57 Å². The van der Waals surface area contributed by atoms with Gasteiger partial charge < -0.3 is 9.45 Å². The topological polar surface area (TPSA) is 103 Å². The Morgan fingerprint density at radius 2 is 1.63 bits per heavy atom. The van der Waals surface area contributed by atoms with Gasteiger partial charge in [-0.2, -0.15) is 0 Å². The first-order valence-electron chi connectivity index (χ1n) is 9.43. The van der Waals surface area contributed by atoms with Gasteiger partial charge in [-0.25, -0.2) is 17.6 Å². The van der Waals surface area contributed by atoms with E-state index in [0.717, 1.165) is 42.9 Å². The van der Waals surface area contributed by atoms with Crippen LogP contribution in [-0.2, 0) is 28.7 Å². The maximum Gasteiger partial charge on any atom is 0.422 e. The standard InChI is InChI=1S/C19H24N5.CH4O4S/c1-5-24(6-2)16-13-11-15(12-14-16)20-21-19-22(3)17-9-7-8-10-18(17)23(19)4;1-5-6(2,3)4/h7-14H,5-6H2,1-4H3;1H3,(H,2,3,4)/q+1;/p-1. The second-order valence-corrected chi connectivity index (χ2v) is 7.52. The molecule has 3 rings (SSSR count). The summed E-state index contributed by atoms with van der Waals surface area (Å²) in [6.45, 7) is 6.33. The summed E-state index contributed by atoms with van der Waals surface area (Å²) in [6, 6.07) is 16.5. The van der Waals surface area contributed by atoms with Gasteiger partial charge in [0.2, 0.25) is 10.4 Å². The Balaban J connectivity index is 0.000000469. The molecule has 0 bridgehead atoms. The zero-order valence-electron chi connectivity index (χ0n) is 17.8. The molecule has 10 heteroatoms. The summed E-state index contributed by atoms with van der Waals surface area (Å²) in [5, 5.41) is 8.88. The Morgan fingerprint density at radius 3 is 2.13 bits per heavy atom. The number of imidazole rings is 1. The summed E-state index contributed by atoms with van der Waals surface area (Å²) in [5.74, 6) is 0.823. The number of rotatable bonds is 6. The predicted octanol–water partition coefficient (Wildman–Crippen LogP) is 3.36. The predicted molar refractivity (Wildman–Crippen MR) is 115 cm³/mol. The van der Waals surface area contributed by atoms with Crippen LogP contribution in [0.15, 0.2) is 58.8 Å². The number of hydrogen-bond donors (Lipinski definition) is 0. The van der Waals surface area contributed by atoms with Gasteiger partial charge in [0.15, 0.2) is 0 Å². The zero-order valence-corrected chi connectivity index (χ0v) is 18.6. The lowest BCUT2D eigenvalue weighted by atomic mass is 10.2. The molecule has 0 unspecified atom stereocenters. The molecule has 2 aromatic carbocycles. The van der Waals surface area contributed by atoms with Crippen LogP contribution in [0.3, 0.4) is 0 Å². The monoisotopic (exact) mass is 433 g/mol. The zero-order chi connectivity index (χ0) is 22.3. The number of azo groups is 1. The van der Waals surface area contributed by atoms with Gasteiger partial charge >= 0.3 is 5.95 Å². The lowest BCUT2D eigenvalue weighted by Crippen LogP contribution is -2.26. The molecule has 0 saturated carbocycles. The fourth-order valence-corrected chi connectivity index (χ4v) is 3.03. The highest BCUT2D eigenvalue weighted by Gasteiger charge is 2.18. The number of aryl methyl sites for hydroxylation is 2. The Kier molecular flexibility index (Phi) is 8.04. The SMILES string of the molecule is CCN(CC)c1ccc(N=Nc2n(C)c3ccccc3[n+]2C)cc1.COS(=O)(=O)[O-]. The number of fused-ring (bicyclic) bond motifs is 1. The molecule has 0 fully saturated rings. The number of para-hydroxylation sites is 2. The van der Waals surface area contributed by atoms with Gasteiger partial charge in [-0.15, -0.1) is 0 Å². The van der Waals surface area contributed by atoms with Crippen LogP contribution in [0.25, 0.3) is 11.0 Å². The van der Waals surface area contributed by atoms with Crippen molar-refractivity contribution in [3.8, 4) is 0 Å². The molecule has 0 atom stereocenters. The fourth-order valence-electron chi connectivity index (χ4n) is 3.03. The molecule has 0 spiro atoms. The fraction of sp³-hybridized carbons (Fsp3) is 0.350. The maximum atomic E-state index is 9.22. The average Bonchev–Trinajstić information content (AvgIpc) is 2.98. The number of anilines is 1. The molecule has 0 radical (unpaired) electrons. The van der Waals surface area contributed by atoms with E-state index in [0.29, 0.717) is 0 Å². The van der Waals surface area contributed by atoms with Crippen molar-refractivity contribution in [3.63, 3.8) is 0 Å². The normalized spacial score (nSPS) is 11.5. The summed E-state index contributed by atoms with van der Waals surface area (Å²) in [4.78, 5) is 2.31. The van der Waals surface area contributed by atoms with Crippen molar-refractivity contribution < 1.29 is 21.7 Å². The van der Waals surface area contributed by atoms with Gasteiger partial charge in [0, 0.05) is 23.9 Å². The van der Waals surface area contributed by atoms with Crippen LogP contribution in [0, 0.1) is 0 Å². The van der Waals surface area contributed by atoms with Crippen LogP contribution in [0.4, 0.5) is 17.3 Å². The highest BCUT2D eigenvalue weighted by atomic mass is 32.3. The smallest absolute Gasteiger partial charge is 0.422 e. The van der Waals surface area contributed by atoms with Crippen LogP contribution in [0.1, 0.15) is 13.8 Å². The molecule has 0 amide bonds. The molecule has 30 heavy (non-hydrogen) atoms. The van der Waals surface area contributed by atoms with Gasteiger partial charge in [-0.1, -0.05) is 17.2 Å². The Labute approximate surface area is 177 Å². The largest absolute Gasteiger partial charge is 0.726 e. The van der Waals surface area contributed by atoms with Gasteiger partial charge in [-0.05, 0) is 50.2 Å². The third-order valence-corrected chi connectivity index (χ3v) is 5.05. The Bertz CT molecular complexity index is 1070. The first-order valence-corrected chi connectivity index (χ1v) is 10.8. The molecule has 0 aliphatic carbocycles. The highest BCUT2D eigenvalue weighted by Crippen LogP contribution is 2.23. The van der Waals surface area contributed by atoms with Crippen LogP contribution < -0.4 is 9.47 Å². The first-order chi connectivity index (χ1) is 14.2. The minimum Gasteiger partial charge on any atom is -0.726 e. The van der Waals surface area contributed by atoms with Gasteiger partial charge in [0.25, 0.3) is 0 Å². The van der Waals surface area contributed by atoms with Crippen LogP contribution >= 0.6 is 0 Å². The third-order valence-electron chi connectivity index (χ3n) is 4.64. The molecule has 162 valence electrons. The summed E-state index contributed by atoms with van der Waals surface area (Å²) < 4.78 is 35.1. The average molecular weight is 434 g/mol. The van der Waals surface area contributed by atoms with Crippen molar-refractivity contribution >= 4 is 38.8 Å².